The maximum absolute atomic E-state index is 4.03. The lowest BCUT2D eigenvalue weighted by molar-refractivity contribution is 0.271. The molecule has 15 heavy (non-hydrogen) atoms. The molecular weight excluding hydrogens is 252 g/mol. The van der Waals surface area contributed by atoms with Gasteiger partial charge in [0.05, 0.1) is 0 Å². The first-order valence-corrected chi connectivity index (χ1v) is 6.50. The fourth-order valence-corrected chi connectivity index (χ4v) is 2.68. The normalized spacial score (nSPS) is 18.1. The Bertz CT molecular complexity index is 309. The first-order chi connectivity index (χ1) is 7.24. The van der Waals surface area contributed by atoms with Crippen LogP contribution in [0.2, 0.25) is 0 Å². The number of nitrogens with zero attached hydrogens (tertiary/aromatic N) is 2. The lowest BCUT2D eigenvalue weighted by atomic mass is 10.1. The van der Waals surface area contributed by atoms with Gasteiger partial charge < -0.3 is 4.90 Å². The molecule has 1 aromatic rings. The molecular formula is C12H17BrN2. The van der Waals surface area contributed by atoms with Crippen LogP contribution in [0, 0.1) is 5.41 Å². The largest absolute Gasteiger partial charge is 0.302 e. The third-order valence-electron chi connectivity index (χ3n) is 3.05. The molecule has 82 valence electrons. The van der Waals surface area contributed by atoms with Crippen LogP contribution in [0.3, 0.4) is 0 Å². The van der Waals surface area contributed by atoms with Crippen LogP contribution in [-0.4, -0.2) is 28.8 Å². The minimum atomic E-state index is 0.571. The molecule has 0 radical (unpaired) electrons. The summed E-state index contributed by atoms with van der Waals surface area (Å²) in [5.74, 6) is 0. The third kappa shape index (κ3) is 3.02. The molecule has 2 rings (SSSR count). The van der Waals surface area contributed by atoms with Crippen molar-refractivity contribution in [1.82, 2.24) is 9.88 Å². The Labute approximate surface area is 99.8 Å². The summed E-state index contributed by atoms with van der Waals surface area (Å²) in [5.41, 5.74) is 1.92. The molecule has 0 atom stereocenters. The summed E-state index contributed by atoms with van der Waals surface area (Å²) in [5, 5.41) is 1.14. The predicted octanol–water partition coefficient (Wildman–Crippen LogP) is 2.69. The highest BCUT2D eigenvalue weighted by Crippen LogP contribution is 2.47. The Morgan fingerprint density at radius 3 is 2.60 bits per heavy atom. The fourth-order valence-electron chi connectivity index (χ4n) is 1.94. The van der Waals surface area contributed by atoms with Gasteiger partial charge in [-0.1, -0.05) is 15.9 Å². The highest BCUT2D eigenvalue weighted by atomic mass is 79.9. The van der Waals surface area contributed by atoms with Gasteiger partial charge in [-0.3, -0.25) is 4.98 Å². The van der Waals surface area contributed by atoms with Gasteiger partial charge in [0.2, 0.25) is 0 Å². The molecule has 0 N–H and O–H groups in total. The van der Waals surface area contributed by atoms with E-state index in [9.17, 15) is 0 Å². The lowest BCUT2D eigenvalue weighted by Crippen LogP contribution is -2.27. The van der Waals surface area contributed by atoms with Crippen LogP contribution < -0.4 is 0 Å². The van der Waals surface area contributed by atoms with Crippen molar-refractivity contribution >= 4 is 15.9 Å². The first-order valence-electron chi connectivity index (χ1n) is 5.38. The van der Waals surface area contributed by atoms with E-state index in [0.29, 0.717) is 5.41 Å². The van der Waals surface area contributed by atoms with Crippen molar-refractivity contribution in [1.29, 1.82) is 0 Å². The standard InChI is InChI=1S/C12H17BrN2/c1-15(10-12(9-13)4-5-12)8-11-2-6-14-7-3-11/h2-3,6-7H,4-5,8-10H2,1H3. The van der Waals surface area contributed by atoms with Gasteiger partial charge in [-0.15, -0.1) is 0 Å². The zero-order chi connectivity index (χ0) is 10.7. The van der Waals surface area contributed by atoms with Crippen LogP contribution in [0.1, 0.15) is 18.4 Å². The minimum absolute atomic E-state index is 0.571. The van der Waals surface area contributed by atoms with E-state index in [2.05, 4.69) is 45.0 Å². The summed E-state index contributed by atoms with van der Waals surface area (Å²) < 4.78 is 0. The van der Waals surface area contributed by atoms with Crippen LogP contribution in [0.5, 0.6) is 0 Å². The second kappa shape index (κ2) is 4.62. The molecule has 0 bridgehead atoms. The van der Waals surface area contributed by atoms with Gasteiger partial charge in [-0.2, -0.15) is 0 Å². The van der Waals surface area contributed by atoms with Crippen molar-refractivity contribution < 1.29 is 0 Å². The molecule has 3 heteroatoms. The molecule has 0 aromatic carbocycles. The minimum Gasteiger partial charge on any atom is -0.302 e. The molecule has 0 unspecified atom stereocenters. The van der Waals surface area contributed by atoms with E-state index in [1.807, 2.05) is 12.4 Å². The summed E-state index contributed by atoms with van der Waals surface area (Å²) in [6.45, 7) is 2.22. The summed E-state index contributed by atoms with van der Waals surface area (Å²) >= 11 is 3.61. The van der Waals surface area contributed by atoms with E-state index in [0.717, 1.165) is 11.9 Å². The maximum atomic E-state index is 4.03. The number of hydrogen-bond donors (Lipinski definition) is 0. The van der Waals surface area contributed by atoms with Gasteiger partial charge in [-0.05, 0) is 43.0 Å². The lowest BCUT2D eigenvalue weighted by Gasteiger charge is -2.22. The van der Waals surface area contributed by atoms with Crippen LogP contribution in [0.25, 0.3) is 0 Å². The van der Waals surface area contributed by atoms with Crippen LogP contribution >= 0.6 is 15.9 Å². The van der Waals surface area contributed by atoms with Crippen LogP contribution in [0.4, 0.5) is 0 Å². The second-order valence-corrected chi connectivity index (χ2v) is 5.22. The van der Waals surface area contributed by atoms with Gasteiger partial charge in [0, 0.05) is 30.8 Å². The maximum Gasteiger partial charge on any atom is 0.0271 e. The average molecular weight is 269 g/mol. The number of halogens is 1. The van der Waals surface area contributed by atoms with E-state index in [1.54, 1.807) is 0 Å². The molecule has 0 amide bonds. The van der Waals surface area contributed by atoms with Gasteiger partial charge >= 0.3 is 0 Å². The highest BCUT2D eigenvalue weighted by molar-refractivity contribution is 9.09. The zero-order valence-electron chi connectivity index (χ0n) is 9.12. The first kappa shape index (κ1) is 11.1. The number of alkyl halides is 1. The molecule has 1 aliphatic carbocycles. The van der Waals surface area contributed by atoms with E-state index in [4.69, 9.17) is 0 Å². The summed E-state index contributed by atoms with van der Waals surface area (Å²) in [6, 6.07) is 4.18. The Balaban J connectivity index is 1.85. The molecule has 0 saturated heterocycles. The number of hydrogen-bond acceptors (Lipinski definition) is 2. The Hall–Kier alpha value is -0.410. The van der Waals surface area contributed by atoms with E-state index in [-0.39, 0.29) is 0 Å². The Kier molecular flexibility index (Phi) is 3.42. The van der Waals surface area contributed by atoms with Gasteiger partial charge in [0.1, 0.15) is 0 Å². The Morgan fingerprint density at radius 1 is 1.40 bits per heavy atom. The topological polar surface area (TPSA) is 16.1 Å². The van der Waals surface area contributed by atoms with Crippen molar-refractivity contribution in [2.75, 3.05) is 18.9 Å². The second-order valence-electron chi connectivity index (χ2n) is 4.66. The van der Waals surface area contributed by atoms with Crippen molar-refractivity contribution in [3.8, 4) is 0 Å². The molecule has 1 aromatic heterocycles. The van der Waals surface area contributed by atoms with Crippen molar-refractivity contribution in [3.63, 3.8) is 0 Å². The fraction of sp³-hybridized carbons (Fsp3) is 0.583. The van der Waals surface area contributed by atoms with Gasteiger partial charge in [-0.25, -0.2) is 0 Å². The van der Waals surface area contributed by atoms with E-state index < -0.39 is 0 Å². The van der Waals surface area contributed by atoms with Crippen molar-refractivity contribution in [2.45, 2.75) is 19.4 Å². The molecule has 1 fully saturated rings. The summed E-state index contributed by atoms with van der Waals surface area (Å²) in [7, 11) is 2.20. The molecule has 1 aliphatic rings. The molecule has 0 spiro atoms. The van der Waals surface area contributed by atoms with Crippen LogP contribution in [0.15, 0.2) is 24.5 Å². The van der Waals surface area contributed by atoms with Gasteiger partial charge in [0.25, 0.3) is 0 Å². The van der Waals surface area contributed by atoms with Crippen molar-refractivity contribution in [3.05, 3.63) is 30.1 Å². The summed E-state index contributed by atoms with van der Waals surface area (Å²) in [6.07, 6.45) is 6.47. The predicted molar refractivity (Wildman–Crippen MR) is 66.0 cm³/mol. The summed E-state index contributed by atoms with van der Waals surface area (Å²) in [4.78, 5) is 6.44. The van der Waals surface area contributed by atoms with Gasteiger partial charge in [0.15, 0.2) is 0 Å². The number of rotatable bonds is 5. The van der Waals surface area contributed by atoms with E-state index >= 15 is 0 Å². The monoisotopic (exact) mass is 268 g/mol. The SMILES string of the molecule is CN(Cc1ccncc1)CC1(CBr)CC1. The average Bonchev–Trinajstić information content (AvgIpc) is 3.00. The van der Waals surface area contributed by atoms with E-state index in [1.165, 1.54) is 24.9 Å². The van der Waals surface area contributed by atoms with Crippen molar-refractivity contribution in [2.24, 2.45) is 5.41 Å². The van der Waals surface area contributed by atoms with Crippen LogP contribution in [-0.2, 0) is 6.54 Å². The highest BCUT2D eigenvalue weighted by Gasteiger charge is 2.41. The Morgan fingerprint density at radius 2 is 2.07 bits per heavy atom. The number of pyridine rings is 1. The third-order valence-corrected chi connectivity index (χ3v) is 4.24. The molecule has 0 aliphatic heterocycles. The molecule has 1 saturated carbocycles. The number of aromatic nitrogens is 1. The zero-order valence-corrected chi connectivity index (χ0v) is 10.7. The quantitative estimate of drug-likeness (QED) is 0.764. The molecule has 2 nitrogen and oxygen atoms in total. The molecule has 1 heterocycles. The smallest absolute Gasteiger partial charge is 0.0271 e.